The van der Waals surface area contributed by atoms with Gasteiger partial charge in [0.15, 0.2) is 9.86 Å². The number of nitrogens with zero attached hydrogens (tertiary/aromatic N) is 1. The van der Waals surface area contributed by atoms with Crippen molar-refractivity contribution in [3.05, 3.63) is 35.9 Å². The van der Waals surface area contributed by atoms with Crippen LogP contribution < -0.4 is 5.43 Å². The largest absolute Gasteiger partial charge is 0.443 e. The highest BCUT2D eigenvalue weighted by Gasteiger charge is 2.52. The van der Waals surface area contributed by atoms with Gasteiger partial charge in [-0.25, -0.2) is 20.0 Å². The Morgan fingerprint density at radius 3 is 2.15 bits per heavy atom. The molecule has 1 aromatic rings. The Morgan fingerprint density at radius 2 is 1.64 bits per heavy atom. The number of carbonyl (C=O) groups is 3. The van der Waals surface area contributed by atoms with Crippen LogP contribution in [0.4, 0.5) is 9.59 Å². The van der Waals surface area contributed by atoms with Gasteiger partial charge in [0.25, 0.3) is 0 Å². The van der Waals surface area contributed by atoms with Crippen LogP contribution in [0.2, 0.25) is 0 Å². The molecule has 3 atom stereocenters. The number of ketones is 1. The van der Waals surface area contributed by atoms with Crippen molar-refractivity contribution in [2.24, 2.45) is 0 Å². The lowest BCUT2D eigenvalue weighted by Crippen LogP contribution is -2.59. The maximum absolute atomic E-state index is 14.0. The summed E-state index contributed by atoms with van der Waals surface area (Å²) >= 11 is 1.31. The van der Waals surface area contributed by atoms with Gasteiger partial charge in [-0.05, 0) is 66.2 Å². The lowest BCUT2D eigenvalue weighted by molar-refractivity contribution is -0.125. The van der Waals surface area contributed by atoms with Gasteiger partial charge in [0, 0.05) is 16.6 Å². The maximum Gasteiger partial charge on any atom is 0.429 e. The summed E-state index contributed by atoms with van der Waals surface area (Å²) in [5.41, 5.74) is 1.29. The fourth-order valence-corrected chi connectivity index (χ4v) is 7.10. The van der Waals surface area contributed by atoms with E-state index in [0.29, 0.717) is 17.1 Å². The van der Waals surface area contributed by atoms with Gasteiger partial charge in [0.05, 0.1) is 0 Å². The molecule has 2 rings (SSSR count). The zero-order valence-corrected chi connectivity index (χ0v) is 21.9. The Labute approximate surface area is 202 Å². The van der Waals surface area contributed by atoms with Gasteiger partial charge in [-0.2, -0.15) is 0 Å². The number of ether oxygens (including phenoxy) is 2. The minimum Gasteiger partial charge on any atom is -0.443 e. The van der Waals surface area contributed by atoms with E-state index in [1.165, 1.54) is 18.7 Å². The number of benzene rings is 1. The minimum absolute atomic E-state index is 0.367. The second-order valence-electron chi connectivity index (χ2n) is 9.74. The van der Waals surface area contributed by atoms with E-state index in [9.17, 15) is 18.6 Å². The van der Waals surface area contributed by atoms with Crippen LogP contribution in [0.3, 0.4) is 0 Å². The summed E-state index contributed by atoms with van der Waals surface area (Å²) in [5.74, 6) is 0.552. The number of hydrazine groups is 1. The molecule has 1 fully saturated rings. The van der Waals surface area contributed by atoms with E-state index < -0.39 is 50.1 Å². The monoisotopic (exact) mass is 498 g/mol. The number of carbonyl (C=O) groups excluding carboxylic acids is 3. The highest BCUT2D eigenvalue weighted by Crippen LogP contribution is 2.45. The fourth-order valence-electron chi connectivity index (χ4n) is 3.22. The van der Waals surface area contributed by atoms with Gasteiger partial charge in [0.2, 0.25) is 0 Å². The summed E-state index contributed by atoms with van der Waals surface area (Å²) in [6, 6.07) is 7.73. The second kappa shape index (κ2) is 10.5. The Morgan fingerprint density at radius 1 is 1.06 bits per heavy atom. The highest BCUT2D eigenvalue weighted by atomic mass is 32.2. The lowest BCUT2D eigenvalue weighted by atomic mass is 10.0. The molecule has 1 saturated heterocycles. The molecule has 1 aromatic carbocycles. The lowest BCUT2D eigenvalue weighted by Gasteiger charge is -2.39. The first-order chi connectivity index (χ1) is 15.2. The standard InChI is InChI=1S/C23H34N2O6S2/c1-16(25(20(28)31-22(5,6)7)24-19(27)30-21(2,3)4)18(26)23(17-12-9-8-10-13-17)32-14-11-15-33(23)29/h8-10,12-13,16H,11,14-15H2,1-7H3,(H,24,27)/t16-,23+,33?/m0/s1. The average molecular weight is 499 g/mol. The fraction of sp³-hybridized carbons (Fsp3) is 0.609. The SMILES string of the molecule is C[C@@H](C(=O)[C@]1(c2ccccc2)SCCCS1=O)N(NC(=O)OC(C)(C)C)C(=O)OC(C)(C)C. The second-order valence-corrected chi connectivity index (χ2v) is 13.0. The molecule has 0 saturated carbocycles. The molecule has 8 nitrogen and oxygen atoms in total. The van der Waals surface area contributed by atoms with Crippen molar-refractivity contribution < 1.29 is 28.1 Å². The normalized spacial score (nSPS) is 22.1. The Balaban J connectivity index is 2.46. The van der Waals surface area contributed by atoms with Crippen LogP contribution in [0.5, 0.6) is 0 Å². The number of hydrogen-bond acceptors (Lipinski definition) is 7. The molecule has 1 aliphatic rings. The summed E-state index contributed by atoms with van der Waals surface area (Å²) in [7, 11) is -1.52. The van der Waals surface area contributed by atoms with Crippen LogP contribution in [0.1, 0.15) is 60.5 Å². The first-order valence-electron chi connectivity index (χ1n) is 10.8. The molecule has 1 heterocycles. The molecule has 10 heteroatoms. The molecule has 0 spiro atoms. The molecule has 1 aliphatic heterocycles. The highest BCUT2D eigenvalue weighted by molar-refractivity contribution is 8.13. The van der Waals surface area contributed by atoms with Crippen molar-refractivity contribution in [1.82, 2.24) is 10.4 Å². The van der Waals surface area contributed by atoms with Gasteiger partial charge < -0.3 is 9.47 Å². The van der Waals surface area contributed by atoms with E-state index in [1.807, 2.05) is 6.07 Å². The maximum atomic E-state index is 14.0. The van der Waals surface area contributed by atoms with Crippen LogP contribution in [0.25, 0.3) is 0 Å². The van der Waals surface area contributed by atoms with Crippen molar-refractivity contribution in [3.8, 4) is 0 Å². The van der Waals surface area contributed by atoms with Crippen LogP contribution >= 0.6 is 11.8 Å². The summed E-state index contributed by atoms with van der Waals surface area (Å²) < 4.78 is 22.7. The Hall–Kier alpha value is -2.07. The zero-order valence-electron chi connectivity index (χ0n) is 20.3. The summed E-state index contributed by atoms with van der Waals surface area (Å²) in [6.07, 6.45) is -1.09. The number of nitrogens with one attached hydrogen (secondary N) is 1. The van der Waals surface area contributed by atoms with Crippen molar-refractivity contribution in [3.63, 3.8) is 0 Å². The van der Waals surface area contributed by atoms with E-state index in [1.54, 1.807) is 65.8 Å². The molecular weight excluding hydrogens is 464 g/mol. The van der Waals surface area contributed by atoms with Gasteiger partial charge >= 0.3 is 12.2 Å². The molecule has 1 unspecified atom stereocenters. The number of rotatable bonds is 4. The van der Waals surface area contributed by atoms with Crippen LogP contribution in [-0.2, 0) is 29.1 Å². The average Bonchev–Trinajstić information content (AvgIpc) is 2.69. The van der Waals surface area contributed by atoms with E-state index >= 15 is 0 Å². The van der Waals surface area contributed by atoms with E-state index in [2.05, 4.69) is 5.43 Å². The zero-order chi connectivity index (χ0) is 25.0. The first-order valence-corrected chi connectivity index (χ1v) is 13.1. The van der Waals surface area contributed by atoms with Crippen LogP contribution in [0.15, 0.2) is 30.3 Å². The van der Waals surface area contributed by atoms with E-state index in [0.717, 1.165) is 11.4 Å². The van der Waals surface area contributed by atoms with Crippen LogP contribution in [-0.4, -0.2) is 55.9 Å². The molecule has 2 amide bonds. The third kappa shape index (κ3) is 6.96. The summed E-state index contributed by atoms with van der Waals surface area (Å²) in [6.45, 7) is 11.6. The first kappa shape index (κ1) is 27.2. The van der Waals surface area contributed by atoms with Crippen LogP contribution in [0, 0.1) is 0 Å². The summed E-state index contributed by atoms with van der Waals surface area (Å²) in [5, 5.41) is 0.832. The third-order valence-electron chi connectivity index (χ3n) is 4.55. The smallest absolute Gasteiger partial charge is 0.429 e. The molecule has 0 bridgehead atoms. The molecule has 0 aliphatic carbocycles. The molecule has 184 valence electrons. The summed E-state index contributed by atoms with van der Waals surface area (Å²) in [4.78, 5) is 39.5. The van der Waals surface area contributed by atoms with Crippen molar-refractivity contribution in [1.29, 1.82) is 0 Å². The minimum atomic E-state index is -1.52. The molecular formula is C23H34N2O6S2. The molecule has 0 aromatic heterocycles. The van der Waals surface area contributed by atoms with Gasteiger partial charge in [-0.3, -0.25) is 9.00 Å². The number of thioether (sulfide) groups is 1. The van der Waals surface area contributed by atoms with Gasteiger partial charge in [0.1, 0.15) is 17.2 Å². The predicted octanol–water partition coefficient (Wildman–Crippen LogP) is 4.36. The molecule has 0 radical (unpaired) electrons. The van der Waals surface area contributed by atoms with Crippen molar-refractivity contribution >= 4 is 40.5 Å². The van der Waals surface area contributed by atoms with E-state index in [4.69, 9.17) is 9.47 Å². The molecule has 33 heavy (non-hydrogen) atoms. The Kier molecular flexibility index (Phi) is 8.62. The number of Topliss-reactive ketones (excluding diaryl/α,β-unsaturated/α-hetero) is 1. The topological polar surface area (TPSA) is 102 Å². The molecule has 1 N–H and O–H groups in total. The van der Waals surface area contributed by atoms with Gasteiger partial charge in [-0.1, -0.05) is 30.3 Å². The third-order valence-corrected chi connectivity index (χ3v) is 8.53. The quantitative estimate of drug-likeness (QED) is 0.616. The number of amides is 2. The number of hydrogen-bond donors (Lipinski definition) is 1. The predicted molar refractivity (Wildman–Crippen MR) is 130 cm³/mol. The van der Waals surface area contributed by atoms with Crippen molar-refractivity contribution in [2.75, 3.05) is 11.5 Å². The van der Waals surface area contributed by atoms with Gasteiger partial charge in [-0.15, -0.1) is 11.8 Å². The van der Waals surface area contributed by atoms with E-state index in [-0.39, 0.29) is 0 Å². The Bertz CT molecular complexity index is 894. The van der Waals surface area contributed by atoms with Crippen molar-refractivity contribution in [2.45, 2.75) is 76.2 Å².